The second-order valence-corrected chi connectivity index (χ2v) is 7.78. The summed E-state index contributed by atoms with van der Waals surface area (Å²) < 4.78 is 1.91. The number of para-hydroxylation sites is 1. The van der Waals surface area contributed by atoms with Crippen LogP contribution in [0.25, 0.3) is 0 Å². The number of benzene rings is 2. The van der Waals surface area contributed by atoms with Gasteiger partial charge in [0, 0.05) is 19.0 Å². The number of thioether (sulfide) groups is 1. The first-order valence-corrected chi connectivity index (χ1v) is 9.83. The van der Waals surface area contributed by atoms with Crippen molar-refractivity contribution in [3.05, 3.63) is 71.5 Å². The maximum absolute atomic E-state index is 12.6. The summed E-state index contributed by atoms with van der Waals surface area (Å²) in [5, 5.41) is 11.6. The number of carbonyl (C=O) groups excluding carboxylic acids is 2. The van der Waals surface area contributed by atoms with E-state index in [1.807, 2.05) is 48.9 Å². The second-order valence-electron chi connectivity index (χ2n) is 6.47. The van der Waals surface area contributed by atoms with Crippen LogP contribution >= 0.6 is 11.8 Å². The Morgan fingerprint density at radius 3 is 2.46 bits per heavy atom. The van der Waals surface area contributed by atoms with Gasteiger partial charge in [-0.3, -0.25) is 9.59 Å². The van der Waals surface area contributed by atoms with Gasteiger partial charge in [0.1, 0.15) is 5.82 Å². The molecule has 0 aliphatic carbocycles. The lowest BCUT2D eigenvalue weighted by atomic mass is 10.1. The molecule has 0 bridgehead atoms. The Hall–Kier alpha value is -2.93. The monoisotopic (exact) mass is 394 g/mol. The molecule has 0 fully saturated rings. The molecule has 0 radical (unpaired) electrons. The first-order chi connectivity index (χ1) is 13.5. The summed E-state index contributed by atoms with van der Waals surface area (Å²) in [6.45, 7) is 3.29. The van der Waals surface area contributed by atoms with Crippen LogP contribution in [0.4, 0.5) is 5.69 Å². The third-order valence-electron chi connectivity index (χ3n) is 4.35. The number of aromatic nitrogens is 3. The number of Topliss-reactive ketones (excluding diaryl/α,β-unsaturated/α-hetero) is 1. The molecule has 1 heterocycles. The average molecular weight is 395 g/mol. The molecule has 1 atom stereocenters. The minimum absolute atomic E-state index is 0.0879. The number of nitrogens with one attached hydrogen (secondary N) is 1. The van der Waals surface area contributed by atoms with Gasteiger partial charge in [-0.25, -0.2) is 0 Å². The molecule has 0 saturated carbocycles. The van der Waals surface area contributed by atoms with E-state index in [1.54, 1.807) is 24.3 Å². The van der Waals surface area contributed by atoms with Crippen LogP contribution in [-0.2, 0) is 18.3 Å². The van der Waals surface area contributed by atoms with E-state index in [0.717, 1.165) is 11.4 Å². The Morgan fingerprint density at radius 1 is 1.07 bits per heavy atom. The molecule has 0 aliphatic heterocycles. The predicted molar refractivity (Wildman–Crippen MR) is 111 cm³/mol. The largest absolute Gasteiger partial charge is 0.324 e. The highest BCUT2D eigenvalue weighted by Crippen LogP contribution is 2.24. The quantitative estimate of drug-likeness (QED) is 0.488. The van der Waals surface area contributed by atoms with E-state index in [9.17, 15) is 9.59 Å². The first-order valence-electron chi connectivity index (χ1n) is 8.95. The van der Waals surface area contributed by atoms with E-state index in [1.165, 1.54) is 18.7 Å². The number of hydrogen-bond acceptors (Lipinski definition) is 5. The molecule has 6 nitrogen and oxygen atoms in total. The normalized spacial score (nSPS) is 11.8. The fourth-order valence-corrected chi connectivity index (χ4v) is 3.56. The molecule has 3 aromatic rings. The SMILES string of the molecule is CC(=O)c1ccccc1NC(=O)[C@H](C)Sc1nnc(Cc2ccccc2)n1C. The molecule has 144 valence electrons. The summed E-state index contributed by atoms with van der Waals surface area (Å²) in [5.74, 6) is 0.560. The Balaban J connectivity index is 1.67. The minimum atomic E-state index is -0.396. The summed E-state index contributed by atoms with van der Waals surface area (Å²) in [4.78, 5) is 24.3. The van der Waals surface area contributed by atoms with Crippen molar-refractivity contribution in [2.24, 2.45) is 7.05 Å². The van der Waals surface area contributed by atoms with Gasteiger partial charge in [-0.1, -0.05) is 54.2 Å². The molecule has 3 rings (SSSR count). The summed E-state index contributed by atoms with van der Waals surface area (Å²) in [5.41, 5.74) is 2.17. The highest BCUT2D eigenvalue weighted by Gasteiger charge is 2.20. The zero-order chi connectivity index (χ0) is 20.1. The molecule has 2 aromatic carbocycles. The van der Waals surface area contributed by atoms with E-state index < -0.39 is 5.25 Å². The molecule has 28 heavy (non-hydrogen) atoms. The van der Waals surface area contributed by atoms with Crippen LogP contribution in [0.15, 0.2) is 59.8 Å². The van der Waals surface area contributed by atoms with E-state index in [2.05, 4.69) is 15.5 Å². The van der Waals surface area contributed by atoms with Gasteiger partial charge in [0.2, 0.25) is 5.91 Å². The fraction of sp³-hybridized carbons (Fsp3) is 0.238. The maximum Gasteiger partial charge on any atom is 0.237 e. The number of ketones is 1. The highest BCUT2D eigenvalue weighted by molar-refractivity contribution is 8.00. The third-order valence-corrected chi connectivity index (χ3v) is 5.48. The maximum atomic E-state index is 12.6. The van der Waals surface area contributed by atoms with Gasteiger partial charge in [-0.05, 0) is 31.5 Å². The molecule has 0 saturated heterocycles. The zero-order valence-corrected chi connectivity index (χ0v) is 16.9. The van der Waals surface area contributed by atoms with Crippen LogP contribution in [0.2, 0.25) is 0 Å². The number of anilines is 1. The van der Waals surface area contributed by atoms with Gasteiger partial charge < -0.3 is 9.88 Å². The molecular weight excluding hydrogens is 372 g/mol. The smallest absolute Gasteiger partial charge is 0.237 e. The molecule has 1 aromatic heterocycles. The average Bonchev–Trinajstić information content (AvgIpc) is 3.02. The van der Waals surface area contributed by atoms with E-state index in [-0.39, 0.29) is 11.7 Å². The topological polar surface area (TPSA) is 76.9 Å². The molecule has 0 unspecified atom stereocenters. The Bertz CT molecular complexity index is 985. The van der Waals surface area contributed by atoms with Crippen molar-refractivity contribution in [1.29, 1.82) is 0 Å². The van der Waals surface area contributed by atoms with Crippen LogP contribution in [0.1, 0.15) is 35.6 Å². The molecule has 7 heteroatoms. The summed E-state index contributed by atoms with van der Waals surface area (Å²) in [6.07, 6.45) is 0.678. The molecular formula is C21H22N4O2S. The van der Waals surface area contributed by atoms with E-state index in [4.69, 9.17) is 0 Å². The standard InChI is InChI=1S/C21H22N4O2S/c1-14(26)17-11-7-8-12-18(17)22-20(27)15(2)28-21-24-23-19(25(21)3)13-16-9-5-4-6-10-16/h4-12,15H,13H2,1-3H3,(H,22,27)/t15-/m0/s1. The number of amides is 1. The Labute approximate surface area is 168 Å². The van der Waals surface area contributed by atoms with E-state index in [0.29, 0.717) is 22.8 Å². The van der Waals surface area contributed by atoms with Crippen LogP contribution in [0.3, 0.4) is 0 Å². The van der Waals surface area contributed by atoms with Gasteiger partial charge >= 0.3 is 0 Å². The summed E-state index contributed by atoms with van der Waals surface area (Å²) in [7, 11) is 1.90. The van der Waals surface area contributed by atoms with Gasteiger partial charge in [-0.15, -0.1) is 10.2 Å². The zero-order valence-electron chi connectivity index (χ0n) is 16.0. The van der Waals surface area contributed by atoms with Crippen molar-refractivity contribution in [2.75, 3.05) is 5.32 Å². The fourth-order valence-electron chi connectivity index (χ4n) is 2.73. The van der Waals surface area contributed by atoms with Gasteiger partial charge in [0.05, 0.1) is 10.9 Å². The lowest BCUT2D eigenvalue weighted by Crippen LogP contribution is -2.23. The van der Waals surface area contributed by atoms with Crippen LogP contribution in [-0.4, -0.2) is 31.7 Å². The lowest BCUT2D eigenvalue weighted by Gasteiger charge is -2.13. The number of rotatable bonds is 7. The summed E-state index contributed by atoms with van der Waals surface area (Å²) in [6, 6.07) is 17.1. The third kappa shape index (κ3) is 4.67. The molecule has 1 amide bonds. The van der Waals surface area contributed by atoms with Crippen LogP contribution < -0.4 is 5.32 Å². The molecule has 1 N–H and O–H groups in total. The minimum Gasteiger partial charge on any atom is -0.324 e. The number of nitrogens with zero attached hydrogens (tertiary/aromatic N) is 3. The Kier molecular flexibility index (Phi) is 6.26. The van der Waals surface area contributed by atoms with Crippen molar-refractivity contribution in [3.63, 3.8) is 0 Å². The van der Waals surface area contributed by atoms with Crippen molar-refractivity contribution in [3.8, 4) is 0 Å². The van der Waals surface area contributed by atoms with Crippen molar-refractivity contribution >= 4 is 29.1 Å². The summed E-state index contributed by atoms with van der Waals surface area (Å²) >= 11 is 1.34. The first kappa shape index (κ1) is 19.8. The van der Waals surface area contributed by atoms with Crippen LogP contribution in [0, 0.1) is 0 Å². The predicted octanol–water partition coefficient (Wildman–Crippen LogP) is 3.73. The van der Waals surface area contributed by atoms with Crippen molar-refractivity contribution in [2.45, 2.75) is 30.7 Å². The number of carbonyl (C=O) groups is 2. The van der Waals surface area contributed by atoms with Crippen molar-refractivity contribution < 1.29 is 9.59 Å². The van der Waals surface area contributed by atoms with Gasteiger partial charge in [0.25, 0.3) is 0 Å². The Morgan fingerprint density at radius 2 is 1.75 bits per heavy atom. The van der Waals surface area contributed by atoms with Crippen LogP contribution in [0.5, 0.6) is 0 Å². The lowest BCUT2D eigenvalue weighted by molar-refractivity contribution is -0.115. The second kappa shape index (κ2) is 8.84. The highest BCUT2D eigenvalue weighted by atomic mass is 32.2. The van der Waals surface area contributed by atoms with Crippen molar-refractivity contribution in [1.82, 2.24) is 14.8 Å². The molecule has 0 aliphatic rings. The van der Waals surface area contributed by atoms with E-state index >= 15 is 0 Å². The number of hydrogen-bond donors (Lipinski definition) is 1. The van der Waals surface area contributed by atoms with Gasteiger partial charge in [0.15, 0.2) is 10.9 Å². The molecule has 0 spiro atoms. The van der Waals surface area contributed by atoms with Gasteiger partial charge in [-0.2, -0.15) is 0 Å².